The molecule has 2 aromatic rings. The largest absolute Gasteiger partial charge is 0.379 e. The molecule has 2 N–H and O–H groups in total. The van der Waals surface area contributed by atoms with E-state index in [1.54, 1.807) is 25.7 Å². The molecule has 1 aliphatic rings. The van der Waals surface area contributed by atoms with Crippen molar-refractivity contribution in [1.82, 2.24) is 19.8 Å². The highest BCUT2D eigenvalue weighted by Crippen LogP contribution is 2.19. The molecule has 0 atom stereocenters. The Labute approximate surface area is 201 Å². The number of anilines is 1. The van der Waals surface area contributed by atoms with Crippen LogP contribution < -0.4 is 10.6 Å². The molecule has 9 nitrogen and oxygen atoms in total. The fourth-order valence-corrected chi connectivity index (χ4v) is 3.47. The molecule has 1 saturated heterocycles. The molecular formula is C25H33N7O2. The number of nitrogens with one attached hydrogen (secondary N) is 2. The lowest BCUT2D eigenvalue weighted by molar-refractivity contribution is -0.111. The zero-order chi connectivity index (χ0) is 24.6. The second-order valence-electron chi connectivity index (χ2n) is 8.96. The van der Waals surface area contributed by atoms with Gasteiger partial charge >= 0.3 is 0 Å². The number of ether oxygens (including phenoxy) is 1. The molecule has 0 bridgehead atoms. The van der Waals surface area contributed by atoms with E-state index >= 15 is 0 Å². The number of carbonyl (C=O) groups is 1. The van der Waals surface area contributed by atoms with Crippen LogP contribution in [0, 0.1) is 11.8 Å². The lowest BCUT2D eigenvalue weighted by atomic mass is 10.1. The topological polar surface area (TPSA) is 96.1 Å². The Balaban J connectivity index is 1.72. The van der Waals surface area contributed by atoms with Crippen molar-refractivity contribution in [3.8, 4) is 11.8 Å². The highest BCUT2D eigenvalue weighted by Gasteiger charge is 2.13. The van der Waals surface area contributed by atoms with Crippen LogP contribution in [-0.2, 0) is 9.53 Å². The van der Waals surface area contributed by atoms with Crippen molar-refractivity contribution in [2.24, 2.45) is 9.98 Å². The van der Waals surface area contributed by atoms with Crippen molar-refractivity contribution in [3.63, 3.8) is 0 Å². The lowest BCUT2D eigenvalue weighted by Gasteiger charge is -2.25. The summed E-state index contributed by atoms with van der Waals surface area (Å²) in [5, 5.41) is 6.08. The number of fused-ring (bicyclic) bond motifs is 1. The van der Waals surface area contributed by atoms with Gasteiger partial charge in [-0.05, 0) is 44.9 Å². The summed E-state index contributed by atoms with van der Waals surface area (Å²) in [6.07, 6.45) is 3.95. The Morgan fingerprint density at radius 2 is 2.09 bits per heavy atom. The van der Waals surface area contributed by atoms with Crippen LogP contribution in [0.2, 0.25) is 0 Å². The highest BCUT2D eigenvalue weighted by molar-refractivity contribution is 6.32. The van der Waals surface area contributed by atoms with Gasteiger partial charge in [-0.1, -0.05) is 12.5 Å². The Hall–Kier alpha value is -3.48. The summed E-state index contributed by atoms with van der Waals surface area (Å²) in [6, 6.07) is 5.49. The van der Waals surface area contributed by atoms with E-state index in [0.29, 0.717) is 23.8 Å². The molecule has 1 aliphatic heterocycles. The number of rotatable bonds is 6. The molecule has 180 valence electrons. The molecule has 0 radical (unpaired) electrons. The van der Waals surface area contributed by atoms with E-state index in [-0.39, 0.29) is 11.4 Å². The molecule has 1 aromatic carbocycles. The first-order valence-corrected chi connectivity index (χ1v) is 11.3. The number of imidazole rings is 1. The van der Waals surface area contributed by atoms with E-state index in [9.17, 15) is 4.79 Å². The summed E-state index contributed by atoms with van der Waals surface area (Å²) >= 11 is 0. The quantitative estimate of drug-likeness (QED) is 0.390. The lowest BCUT2D eigenvalue weighted by Crippen LogP contribution is -2.36. The summed E-state index contributed by atoms with van der Waals surface area (Å²) in [5.41, 5.74) is 2.00. The summed E-state index contributed by atoms with van der Waals surface area (Å²) in [7, 11) is 1.68. The molecule has 9 heteroatoms. The molecule has 34 heavy (non-hydrogen) atoms. The van der Waals surface area contributed by atoms with Gasteiger partial charge < -0.3 is 15.4 Å². The number of hydrogen-bond acceptors (Lipinski definition) is 7. The van der Waals surface area contributed by atoms with Crippen molar-refractivity contribution >= 4 is 34.7 Å². The number of aromatic nitrogens is 2. The third-order valence-corrected chi connectivity index (χ3v) is 4.92. The fraction of sp³-hybridized carbons (Fsp3) is 0.440. The van der Waals surface area contributed by atoms with Gasteiger partial charge in [0, 0.05) is 44.3 Å². The average Bonchev–Trinajstić information content (AvgIpc) is 3.19. The van der Waals surface area contributed by atoms with Gasteiger partial charge in [-0.3, -0.25) is 19.3 Å². The van der Waals surface area contributed by atoms with E-state index in [1.165, 1.54) is 0 Å². The maximum atomic E-state index is 12.3. The molecule has 1 amide bonds. The van der Waals surface area contributed by atoms with Gasteiger partial charge in [0.15, 0.2) is 5.84 Å². The molecule has 0 aliphatic carbocycles. The van der Waals surface area contributed by atoms with Crippen LogP contribution in [0.5, 0.6) is 0 Å². The minimum Gasteiger partial charge on any atom is -0.379 e. The summed E-state index contributed by atoms with van der Waals surface area (Å²) < 4.78 is 7.15. The van der Waals surface area contributed by atoms with Crippen LogP contribution in [-0.4, -0.2) is 77.8 Å². The van der Waals surface area contributed by atoms with Crippen LogP contribution in [0.15, 0.2) is 46.9 Å². The number of hydrogen-bond donors (Lipinski definition) is 2. The minimum atomic E-state index is -0.348. The average molecular weight is 464 g/mol. The van der Waals surface area contributed by atoms with Crippen molar-refractivity contribution < 1.29 is 9.53 Å². The first-order chi connectivity index (χ1) is 16.2. The smallest absolute Gasteiger partial charge is 0.300 e. The van der Waals surface area contributed by atoms with Crippen molar-refractivity contribution in [1.29, 1.82) is 0 Å². The van der Waals surface area contributed by atoms with Gasteiger partial charge in [-0.2, -0.15) is 0 Å². The van der Waals surface area contributed by atoms with Crippen LogP contribution >= 0.6 is 0 Å². The molecule has 0 unspecified atom stereocenters. The van der Waals surface area contributed by atoms with Crippen LogP contribution in [0.1, 0.15) is 27.2 Å². The standard InChI is InChI=1S/C25H33N7O2/c1-19(30-25(2,3)4)28-23(17-26-5)32-18-27-21-10-9-20(16-22(21)32)29-24(33)8-6-7-11-31-12-14-34-15-13-31/h9-10,16-18,30H,1,7,11-15H2,2-5H3,(H,29,33)/b26-17?,28-23+. The van der Waals surface area contributed by atoms with Gasteiger partial charge in [-0.25, -0.2) is 9.98 Å². The summed E-state index contributed by atoms with van der Waals surface area (Å²) in [6.45, 7) is 14.3. The van der Waals surface area contributed by atoms with E-state index < -0.39 is 0 Å². The van der Waals surface area contributed by atoms with Gasteiger partial charge in [0.2, 0.25) is 0 Å². The second kappa shape index (κ2) is 11.6. The Kier molecular flexibility index (Phi) is 8.57. The second-order valence-corrected chi connectivity index (χ2v) is 8.96. The van der Waals surface area contributed by atoms with E-state index in [0.717, 1.165) is 43.9 Å². The molecule has 3 rings (SSSR count). The normalized spacial score (nSPS) is 15.2. The molecular weight excluding hydrogens is 430 g/mol. The first-order valence-electron chi connectivity index (χ1n) is 11.3. The van der Waals surface area contributed by atoms with Crippen LogP contribution in [0.25, 0.3) is 11.0 Å². The van der Waals surface area contributed by atoms with Gasteiger partial charge in [0.25, 0.3) is 5.91 Å². The van der Waals surface area contributed by atoms with E-state index in [1.807, 2.05) is 37.5 Å². The number of amides is 1. The molecule has 1 fully saturated rings. The maximum absolute atomic E-state index is 12.3. The third-order valence-electron chi connectivity index (χ3n) is 4.92. The predicted molar refractivity (Wildman–Crippen MR) is 137 cm³/mol. The summed E-state index contributed by atoms with van der Waals surface area (Å²) in [4.78, 5) is 27.8. The Bertz CT molecular complexity index is 1140. The number of morpholine rings is 1. The number of nitrogens with zero attached hydrogens (tertiary/aromatic N) is 5. The zero-order valence-corrected chi connectivity index (χ0v) is 20.4. The fourth-order valence-electron chi connectivity index (χ4n) is 3.47. The minimum absolute atomic E-state index is 0.174. The highest BCUT2D eigenvalue weighted by atomic mass is 16.5. The molecule has 1 aromatic heterocycles. The molecule has 0 spiro atoms. The van der Waals surface area contributed by atoms with Crippen LogP contribution in [0.3, 0.4) is 0 Å². The Morgan fingerprint density at radius 1 is 1.32 bits per heavy atom. The third kappa shape index (κ3) is 7.54. The molecule has 0 saturated carbocycles. The zero-order valence-electron chi connectivity index (χ0n) is 20.4. The monoisotopic (exact) mass is 463 g/mol. The SMILES string of the molecule is C=C(/N=C(\C=NC)n1cnc2ccc(NC(=O)C#CCCN3CCOCC3)cc21)NC(C)(C)C. The summed E-state index contributed by atoms with van der Waals surface area (Å²) in [5.74, 6) is 6.35. The van der Waals surface area contributed by atoms with Gasteiger partial charge in [-0.15, -0.1) is 0 Å². The predicted octanol–water partition coefficient (Wildman–Crippen LogP) is 2.51. The van der Waals surface area contributed by atoms with Crippen molar-refractivity contribution in [2.45, 2.75) is 32.7 Å². The van der Waals surface area contributed by atoms with Crippen LogP contribution in [0.4, 0.5) is 5.69 Å². The Morgan fingerprint density at radius 3 is 2.79 bits per heavy atom. The maximum Gasteiger partial charge on any atom is 0.300 e. The van der Waals surface area contributed by atoms with Gasteiger partial charge in [0.1, 0.15) is 12.1 Å². The van der Waals surface area contributed by atoms with E-state index in [4.69, 9.17) is 4.74 Å². The van der Waals surface area contributed by atoms with E-state index in [2.05, 4.69) is 48.9 Å². The number of aliphatic imine (C=N–C) groups is 2. The van der Waals surface area contributed by atoms with Crippen molar-refractivity contribution in [3.05, 3.63) is 36.9 Å². The van der Waals surface area contributed by atoms with Crippen molar-refractivity contribution in [2.75, 3.05) is 45.2 Å². The number of carbonyl (C=O) groups excluding carboxylic acids is 1. The van der Waals surface area contributed by atoms with Gasteiger partial charge in [0.05, 0.1) is 30.5 Å². The number of benzene rings is 1. The molecule has 2 heterocycles. The first kappa shape index (κ1) is 25.1.